The molecule has 2 aromatic carbocycles. The lowest BCUT2D eigenvalue weighted by atomic mass is 9.71. The molecular weight excluding hydrogens is 590 g/mol. The number of benzene rings is 2. The maximum atomic E-state index is 13.7. The summed E-state index contributed by atoms with van der Waals surface area (Å²) in [4.78, 5) is 12.5. The highest BCUT2D eigenvalue weighted by atomic mass is 35.5. The Hall–Kier alpha value is -2.16. The fourth-order valence-electron chi connectivity index (χ4n) is 6.39. The van der Waals surface area contributed by atoms with Crippen molar-refractivity contribution in [2.75, 3.05) is 24.2 Å². The zero-order valence-electron chi connectivity index (χ0n) is 21.3. The largest absolute Gasteiger partial charge is 0.389 e. The van der Waals surface area contributed by atoms with Crippen LogP contribution >= 0.6 is 11.6 Å². The van der Waals surface area contributed by atoms with E-state index in [0.717, 1.165) is 24.3 Å². The molecule has 1 saturated heterocycles. The van der Waals surface area contributed by atoms with E-state index < -0.39 is 66.2 Å². The molecule has 0 aromatic heterocycles. The maximum absolute atomic E-state index is 13.7. The van der Waals surface area contributed by atoms with Crippen LogP contribution in [0.5, 0.6) is 0 Å². The van der Waals surface area contributed by atoms with Gasteiger partial charge in [-0.15, -0.1) is 0 Å². The number of nitrogens with zero attached hydrogens (tertiary/aromatic N) is 1. The number of fused-ring (bicyclic) bond motifs is 2. The van der Waals surface area contributed by atoms with Gasteiger partial charge in [-0.3, -0.25) is 4.79 Å². The van der Waals surface area contributed by atoms with Crippen LogP contribution in [0, 0.1) is 23.5 Å². The molecule has 1 unspecified atom stereocenters. The predicted molar refractivity (Wildman–Crippen MR) is 143 cm³/mol. The van der Waals surface area contributed by atoms with Crippen LogP contribution in [0.15, 0.2) is 41.3 Å². The van der Waals surface area contributed by atoms with Gasteiger partial charge in [0.2, 0.25) is 10.0 Å². The fraction of sp³-hybridized carbons (Fsp3) is 0.500. The predicted octanol–water partition coefficient (Wildman–Crippen LogP) is 2.96. The molecule has 2 saturated carbocycles. The Balaban J connectivity index is 1.35. The first-order valence-electron chi connectivity index (χ1n) is 12.9. The fourth-order valence-corrected chi connectivity index (χ4v) is 10.3. The van der Waals surface area contributed by atoms with E-state index in [9.17, 15) is 40.6 Å². The molecular formula is C26H29ClF2N2O7S2. The van der Waals surface area contributed by atoms with E-state index in [-0.39, 0.29) is 52.9 Å². The number of aliphatic hydroxyl groups is 2. The van der Waals surface area contributed by atoms with Crippen LogP contribution in [0.2, 0.25) is 5.02 Å². The normalized spacial score (nSPS) is 28.9. The molecule has 2 bridgehead atoms. The van der Waals surface area contributed by atoms with Crippen molar-refractivity contribution >= 4 is 43.1 Å². The topological polar surface area (TPSA) is 141 Å². The van der Waals surface area contributed by atoms with Gasteiger partial charge in [-0.05, 0) is 74.3 Å². The van der Waals surface area contributed by atoms with E-state index in [2.05, 4.69) is 5.32 Å². The molecule has 1 amide bonds. The molecule has 40 heavy (non-hydrogen) atoms. The lowest BCUT2D eigenvalue weighted by Gasteiger charge is -2.45. The standard InChI is InChI=1S/C26H29ClF2N2O7S2/c27-20-6-2-15(25(33)30-18-5-7-21(28)22(29)13-18)10-23(20)40(37,38)19-11-16-3-4-17(12-19)26(16,34)24(32)14-31-8-1-9-39(31,35)36/h2,5-7,10,13,16-17,19,24,32,34H,1,3-4,8-9,11-12,14H2,(H,30,33)/t16-,17+,19+,24?,26-. The summed E-state index contributed by atoms with van der Waals surface area (Å²) >= 11 is 6.27. The molecule has 2 aromatic rings. The molecule has 1 aliphatic heterocycles. The number of hydrogen-bond donors (Lipinski definition) is 3. The van der Waals surface area contributed by atoms with Gasteiger partial charge in [-0.1, -0.05) is 11.6 Å². The van der Waals surface area contributed by atoms with Gasteiger partial charge in [-0.25, -0.2) is 25.6 Å². The van der Waals surface area contributed by atoms with Gasteiger partial charge in [-0.2, -0.15) is 4.31 Å². The summed E-state index contributed by atoms with van der Waals surface area (Å²) in [6, 6.07) is 6.51. The van der Waals surface area contributed by atoms with Crippen LogP contribution in [0.3, 0.4) is 0 Å². The number of hydrogen-bond acceptors (Lipinski definition) is 7. The van der Waals surface area contributed by atoms with Gasteiger partial charge < -0.3 is 15.5 Å². The zero-order valence-corrected chi connectivity index (χ0v) is 23.7. The number of sulfone groups is 1. The number of aliphatic hydroxyl groups excluding tert-OH is 1. The number of carbonyl (C=O) groups is 1. The van der Waals surface area contributed by atoms with Crippen LogP contribution in [0.4, 0.5) is 14.5 Å². The van der Waals surface area contributed by atoms with Gasteiger partial charge in [0.15, 0.2) is 21.5 Å². The van der Waals surface area contributed by atoms with Crippen molar-refractivity contribution in [3.8, 4) is 0 Å². The van der Waals surface area contributed by atoms with Gasteiger partial charge in [0.25, 0.3) is 5.91 Å². The maximum Gasteiger partial charge on any atom is 0.255 e. The minimum absolute atomic E-state index is 0.00996. The second kappa shape index (κ2) is 10.6. The van der Waals surface area contributed by atoms with Gasteiger partial charge in [0, 0.05) is 30.4 Å². The highest BCUT2D eigenvalue weighted by Gasteiger charge is 2.59. The van der Waals surface area contributed by atoms with Crippen molar-refractivity contribution < 1.29 is 40.6 Å². The molecule has 3 N–H and O–H groups in total. The van der Waals surface area contributed by atoms with Crippen molar-refractivity contribution in [3.63, 3.8) is 0 Å². The number of nitrogens with one attached hydrogen (secondary N) is 1. The van der Waals surface area contributed by atoms with Crippen molar-refractivity contribution in [2.24, 2.45) is 11.8 Å². The third-order valence-electron chi connectivity index (χ3n) is 8.50. The summed E-state index contributed by atoms with van der Waals surface area (Å²) < 4.78 is 79.9. The first kappa shape index (κ1) is 29.3. The molecule has 5 rings (SSSR count). The number of sulfonamides is 1. The van der Waals surface area contributed by atoms with Crippen molar-refractivity contribution in [1.82, 2.24) is 4.31 Å². The number of anilines is 1. The third kappa shape index (κ3) is 5.16. The third-order valence-corrected chi connectivity index (χ3v) is 13.1. The molecule has 1 heterocycles. The van der Waals surface area contributed by atoms with Crippen LogP contribution in [0.25, 0.3) is 0 Å². The highest BCUT2D eigenvalue weighted by Crippen LogP contribution is 2.53. The van der Waals surface area contributed by atoms with Crippen LogP contribution in [-0.4, -0.2) is 73.1 Å². The van der Waals surface area contributed by atoms with E-state index >= 15 is 0 Å². The molecule has 5 atom stereocenters. The van der Waals surface area contributed by atoms with Gasteiger partial charge in [0.1, 0.15) is 0 Å². The second-order valence-corrected chi connectivity index (χ2v) is 15.5. The Morgan fingerprint density at radius 1 is 1.12 bits per heavy atom. The number of β-amino-alcohol motifs (C(OH)–C–C–N with tert-alkyl or cyclic N) is 1. The minimum Gasteiger partial charge on any atom is -0.389 e. The summed E-state index contributed by atoms with van der Waals surface area (Å²) in [7, 11) is -7.59. The molecule has 3 fully saturated rings. The SMILES string of the molecule is O=C(Nc1ccc(F)c(F)c1)c1ccc(Cl)c(S(=O)(=O)[C@H]2C[C@H]3CC[C@@H](C2)[C@@]3(O)C(O)CN2CCCS2(=O)=O)c1. The number of halogens is 3. The highest BCUT2D eigenvalue weighted by molar-refractivity contribution is 7.92. The van der Waals surface area contributed by atoms with Crippen LogP contribution < -0.4 is 5.32 Å². The molecule has 218 valence electrons. The van der Waals surface area contributed by atoms with E-state index in [4.69, 9.17) is 11.6 Å². The van der Waals surface area contributed by atoms with E-state index in [0.29, 0.717) is 19.3 Å². The zero-order chi connectivity index (χ0) is 29.0. The molecule has 2 aliphatic carbocycles. The smallest absolute Gasteiger partial charge is 0.255 e. The summed E-state index contributed by atoms with van der Waals surface area (Å²) in [6.45, 7) is 0.0184. The summed E-state index contributed by atoms with van der Waals surface area (Å²) in [6.07, 6.45) is 0.0808. The Labute approximate surface area is 236 Å². The van der Waals surface area contributed by atoms with Crippen LogP contribution in [0.1, 0.15) is 42.5 Å². The van der Waals surface area contributed by atoms with E-state index in [1.54, 1.807) is 0 Å². The quantitative estimate of drug-likeness (QED) is 0.433. The lowest BCUT2D eigenvalue weighted by molar-refractivity contribution is -0.144. The molecule has 3 aliphatic rings. The van der Waals surface area contributed by atoms with E-state index in [1.165, 1.54) is 16.4 Å². The first-order valence-corrected chi connectivity index (χ1v) is 16.4. The Morgan fingerprint density at radius 2 is 1.80 bits per heavy atom. The Kier molecular flexibility index (Phi) is 7.77. The van der Waals surface area contributed by atoms with E-state index in [1.807, 2.05) is 0 Å². The van der Waals surface area contributed by atoms with Gasteiger partial charge in [0.05, 0.1) is 32.6 Å². The molecule has 14 heteroatoms. The average Bonchev–Trinajstić information content (AvgIpc) is 3.27. The lowest BCUT2D eigenvalue weighted by Crippen LogP contribution is -2.58. The summed E-state index contributed by atoms with van der Waals surface area (Å²) in [5, 5.41) is 23.9. The van der Waals surface area contributed by atoms with Crippen LogP contribution in [-0.2, 0) is 19.9 Å². The Bertz CT molecular complexity index is 1540. The first-order chi connectivity index (χ1) is 18.7. The Morgan fingerprint density at radius 3 is 2.40 bits per heavy atom. The minimum atomic E-state index is -4.10. The number of rotatable bonds is 7. The number of amides is 1. The summed E-state index contributed by atoms with van der Waals surface area (Å²) in [5.74, 6) is -4.16. The van der Waals surface area contributed by atoms with Crippen molar-refractivity contribution in [3.05, 3.63) is 58.6 Å². The van der Waals surface area contributed by atoms with Crippen molar-refractivity contribution in [1.29, 1.82) is 0 Å². The molecule has 0 spiro atoms. The van der Waals surface area contributed by atoms with Crippen molar-refractivity contribution in [2.45, 2.75) is 54.0 Å². The van der Waals surface area contributed by atoms with Gasteiger partial charge >= 0.3 is 0 Å². The average molecular weight is 619 g/mol. The second-order valence-electron chi connectivity index (χ2n) is 10.8. The molecule has 9 nitrogen and oxygen atoms in total. The summed E-state index contributed by atoms with van der Waals surface area (Å²) in [5.41, 5.74) is -1.71. The molecule has 0 radical (unpaired) electrons. The number of carbonyl (C=O) groups excluding carboxylic acids is 1. The monoisotopic (exact) mass is 618 g/mol.